The SMILES string of the molecule is C1COCCOCCOCCOCCO1.O=[N+]([O-])[O-].O=[N+]([O-])[O-].[Pb+2]. The van der Waals surface area contributed by atoms with Crippen molar-refractivity contribution in [2.75, 3.05) is 66.1 Å². The predicted octanol–water partition coefficient (Wildman–Crippen LogP) is -0.776. The summed E-state index contributed by atoms with van der Waals surface area (Å²) in [5, 5.41) is 29.5. The summed E-state index contributed by atoms with van der Waals surface area (Å²) < 4.78 is 26.4. The van der Waals surface area contributed by atoms with Gasteiger partial charge in [-0.25, -0.2) is 0 Å². The van der Waals surface area contributed by atoms with E-state index in [2.05, 4.69) is 0 Å². The van der Waals surface area contributed by atoms with Gasteiger partial charge in [0.15, 0.2) is 0 Å². The standard InChI is InChI=1S/C10H20O5.2NO3.Pb/c1-2-12-5-6-14-9-10-15-8-7-13-4-3-11-1;2*2-1(3)4;/h1-10H2;;;/q;2*-1;+2. The van der Waals surface area contributed by atoms with Crippen LogP contribution in [0.3, 0.4) is 0 Å². The maximum Gasteiger partial charge on any atom is 2.00 e. The molecule has 0 atom stereocenters. The molecule has 1 aliphatic rings. The maximum atomic E-state index is 8.25. The Morgan fingerprint density at radius 3 is 0.625 bits per heavy atom. The fourth-order valence-electron chi connectivity index (χ4n) is 1.10. The van der Waals surface area contributed by atoms with Crippen molar-refractivity contribution in [3.63, 3.8) is 0 Å². The molecule has 13 nitrogen and oxygen atoms in total. The van der Waals surface area contributed by atoms with Crippen molar-refractivity contribution in [2.45, 2.75) is 0 Å². The first-order chi connectivity index (χ1) is 11.0. The van der Waals surface area contributed by atoms with E-state index in [0.717, 1.165) is 0 Å². The monoisotopic (exact) mass is 552 g/mol. The van der Waals surface area contributed by atoms with Gasteiger partial charge in [0, 0.05) is 0 Å². The fourth-order valence-corrected chi connectivity index (χ4v) is 1.10. The zero-order chi connectivity index (χ0) is 17.8. The van der Waals surface area contributed by atoms with Gasteiger partial charge in [-0.2, -0.15) is 0 Å². The van der Waals surface area contributed by atoms with Crippen LogP contribution in [0.2, 0.25) is 0 Å². The van der Waals surface area contributed by atoms with E-state index in [-0.39, 0.29) is 27.3 Å². The Bertz CT molecular complexity index is 207. The van der Waals surface area contributed by atoms with Gasteiger partial charge in [0.25, 0.3) is 0 Å². The second-order valence-corrected chi connectivity index (χ2v) is 3.51. The maximum absolute atomic E-state index is 8.25. The quantitative estimate of drug-likeness (QED) is 0.210. The van der Waals surface area contributed by atoms with E-state index in [1.165, 1.54) is 0 Å². The molecule has 0 amide bonds. The first-order valence-electron chi connectivity index (χ1n) is 6.48. The molecule has 1 fully saturated rings. The van der Waals surface area contributed by atoms with Gasteiger partial charge in [-0.15, -0.1) is 0 Å². The Morgan fingerprint density at radius 2 is 0.542 bits per heavy atom. The molecule has 0 aromatic rings. The largest absolute Gasteiger partial charge is 2.00 e. The Labute approximate surface area is 158 Å². The summed E-state index contributed by atoms with van der Waals surface area (Å²) in [6.45, 7) is 6.11. The molecule has 1 aliphatic heterocycles. The van der Waals surface area contributed by atoms with Crippen LogP contribution in [-0.4, -0.2) is 104 Å². The molecule has 140 valence electrons. The van der Waals surface area contributed by atoms with Gasteiger partial charge in [-0.1, -0.05) is 0 Å². The molecule has 0 saturated carbocycles. The van der Waals surface area contributed by atoms with Crippen LogP contribution < -0.4 is 0 Å². The van der Waals surface area contributed by atoms with Crippen molar-refractivity contribution in [1.29, 1.82) is 0 Å². The molecule has 0 aliphatic carbocycles. The van der Waals surface area contributed by atoms with Crippen molar-refractivity contribution in [3.8, 4) is 0 Å². The smallest absolute Gasteiger partial charge is 0.377 e. The predicted molar refractivity (Wildman–Crippen MR) is 80.6 cm³/mol. The molecule has 2 radical (unpaired) electrons. The van der Waals surface area contributed by atoms with Gasteiger partial charge >= 0.3 is 27.3 Å². The summed E-state index contributed by atoms with van der Waals surface area (Å²) in [5.74, 6) is 0. The number of nitrogens with zero attached hydrogens (tertiary/aromatic N) is 2. The van der Waals surface area contributed by atoms with Gasteiger partial charge in [-0.05, 0) is 0 Å². The molecule has 0 aromatic carbocycles. The molecule has 14 heteroatoms. The van der Waals surface area contributed by atoms with Gasteiger partial charge < -0.3 is 54.3 Å². The van der Waals surface area contributed by atoms with Gasteiger partial charge in [-0.3, -0.25) is 0 Å². The molecule has 1 heterocycles. The van der Waals surface area contributed by atoms with E-state index in [4.69, 9.17) is 54.3 Å². The van der Waals surface area contributed by atoms with Crippen LogP contribution in [0.4, 0.5) is 0 Å². The third-order valence-electron chi connectivity index (χ3n) is 1.86. The van der Waals surface area contributed by atoms with Crippen LogP contribution in [-0.2, 0) is 23.7 Å². The van der Waals surface area contributed by atoms with E-state index in [1.54, 1.807) is 0 Å². The molecule has 0 unspecified atom stereocenters. The average Bonchev–Trinajstić information content (AvgIpc) is 2.44. The molecule has 0 N–H and O–H groups in total. The minimum absolute atomic E-state index is 0. The van der Waals surface area contributed by atoms with Crippen molar-refractivity contribution >= 4 is 27.3 Å². The second-order valence-electron chi connectivity index (χ2n) is 3.51. The number of rotatable bonds is 0. The number of hydrogen-bond donors (Lipinski definition) is 0. The minimum Gasteiger partial charge on any atom is -0.377 e. The van der Waals surface area contributed by atoms with Gasteiger partial charge in [0.05, 0.1) is 76.2 Å². The Balaban J connectivity index is -0.000000413. The van der Waals surface area contributed by atoms with Crippen molar-refractivity contribution in [3.05, 3.63) is 30.6 Å². The summed E-state index contributed by atoms with van der Waals surface area (Å²) in [6, 6.07) is 0. The van der Waals surface area contributed by atoms with Crippen molar-refractivity contribution in [1.82, 2.24) is 0 Å². The number of hydrogen-bond acceptors (Lipinski definition) is 11. The van der Waals surface area contributed by atoms with Crippen LogP contribution in [0.1, 0.15) is 0 Å². The number of ether oxygens (including phenoxy) is 5. The zero-order valence-electron chi connectivity index (χ0n) is 13.0. The van der Waals surface area contributed by atoms with Crippen LogP contribution in [0.15, 0.2) is 0 Å². The van der Waals surface area contributed by atoms with Crippen LogP contribution in [0.5, 0.6) is 0 Å². The van der Waals surface area contributed by atoms with Crippen molar-refractivity contribution < 1.29 is 33.9 Å². The summed E-state index contributed by atoms with van der Waals surface area (Å²) in [4.78, 5) is 16.5. The van der Waals surface area contributed by atoms with E-state index >= 15 is 0 Å². The summed E-state index contributed by atoms with van der Waals surface area (Å²) in [7, 11) is 0. The van der Waals surface area contributed by atoms with Crippen LogP contribution in [0, 0.1) is 30.6 Å². The normalized spacial score (nSPS) is 17.0. The Kier molecular flexibility index (Phi) is 28.4. The first-order valence-corrected chi connectivity index (χ1v) is 6.48. The van der Waals surface area contributed by atoms with E-state index in [0.29, 0.717) is 66.1 Å². The summed E-state index contributed by atoms with van der Waals surface area (Å²) in [6.07, 6.45) is 0. The zero-order valence-corrected chi connectivity index (χ0v) is 16.8. The van der Waals surface area contributed by atoms with Gasteiger partial charge in [0.1, 0.15) is 0 Å². The first kappa shape index (κ1) is 27.9. The van der Waals surface area contributed by atoms with E-state index < -0.39 is 10.2 Å². The fraction of sp³-hybridized carbons (Fsp3) is 1.00. The third-order valence-corrected chi connectivity index (χ3v) is 1.86. The molecule has 24 heavy (non-hydrogen) atoms. The molecule has 1 saturated heterocycles. The molecule has 0 aromatic heterocycles. The molecule has 1 rings (SSSR count). The van der Waals surface area contributed by atoms with E-state index in [9.17, 15) is 0 Å². The van der Waals surface area contributed by atoms with Gasteiger partial charge in [0.2, 0.25) is 0 Å². The van der Waals surface area contributed by atoms with Crippen molar-refractivity contribution in [2.24, 2.45) is 0 Å². The molecule has 0 spiro atoms. The molecular formula is C10H20N2O11Pb. The average molecular weight is 551 g/mol. The minimum atomic E-state index is -1.75. The second kappa shape index (κ2) is 24.4. The van der Waals surface area contributed by atoms with Crippen LogP contribution >= 0.6 is 0 Å². The molecule has 0 bridgehead atoms. The summed E-state index contributed by atoms with van der Waals surface area (Å²) >= 11 is 0. The van der Waals surface area contributed by atoms with Crippen LogP contribution in [0.25, 0.3) is 0 Å². The molecular weight excluding hydrogens is 531 g/mol. The Morgan fingerprint density at radius 1 is 0.458 bits per heavy atom. The Hall–Kier alpha value is -0.878. The van der Waals surface area contributed by atoms with E-state index in [1.807, 2.05) is 0 Å². The topological polar surface area (TPSA) is 179 Å². The summed E-state index contributed by atoms with van der Waals surface area (Å²) in [5.41, 5.74) is 0. The third kappa shape index (κ3) is 42.9.